The Morgan fingerprint density at radius 1 is 0.838 bits per heavy atom. The van der Waals surface area contributed by atoms with Gasteiger partial charge in [-0.1, -0.05) is 79.0 Å². The van der Waals surface area contributed by atoms with Crippen LogP contribution < -0.4 is 5.32 Å². The Morgan fingerprint density at radius 2 is 1.49 bits per heavy atom. The van der Waals surface area contributed by atoms with E-state index in [2.05, 4.69) is 29.0 Å². The summed E-state index contributed by atoms with van der Waals surface area (Å²) >= 11 is 18.8. The van der Waals surface area contributed by atoms with E-state index in [9.17, 15) is 5.11 Å². The third-order valence-corrected chi connectivity index (χ3v) is 6.72. The van der Waals surface area contributed by atoms with Crippen LogP contribution in [0.2, 0.25) is 15.2 Å². The smallest absolute Gasteiger partial charge is 0.156 e. The van der Waals surface area contributed by atoms with E-state index in [1.165, 1.54) is 0 Å². The summed E-state index contributed by atoms with van der Waals surface area (Å²) in [5.41, 5.74) is 4.04. The standard InChI is InChI=1S/C29H27Cl3N4O/c1-3-36(4-2)18-21-17-24(14-15-25(21)37)33-29-27(20-8-12-23(31)13-9-20)28(32)34-26(35-29)16-7-19-5-10-22(30)11-6-19/h5-17,37H,3-4,18H2,1-2H3,(H,33,34,35)/b16-7+. The summed E-state index contributed by atoms with van der Waals surface area (Å²) in [7, 11) is 0. The fourth-order valence-electron chi connectivity index (χ4n) is 3.85. The zero-order valence-electron chi connectivity index (χ0n) is 20.5. The van der Waals surface area contributed by atoms with Crippen molar-refractivity contribution >= 4 is 58.5 Å². The lowest BCUT2D eigenvalue weighted by atomic mass is 10.1. The minimum atomic E-state index is 0.252. The molecule has 4 rings (SSSR count). The monoisotopic (exact) mass is 552 g/mol. The van der Waals surface area contributed by atoms with Gasteiger partial charge in [0.05, 0.1) is 5.56 Å². The van der Waals surface area contributed by atoms with Gasteiger partial charge in [-0.3, -0.25) is 4.90 Å². The first-order chi connectivity index (χ1) is 17.9. The summed E-state index contributed by atoms with van der Waals surface area (Å²) in [6.07, 6.45) is 3.70. The maximum atomic E-state index is 10.5. The van der Waals surface area contributed by atoms with Crippen molar-refractivity contribution in [3.8, 4) is 16.9 Å². The number of nitrogens with one attached hydrogen (secondary N) is 1. The molecule has 0 aliphatic heterocycles. The van der Waals surface area contributed by atoms with E-state index < -0.39 is 0 Å². The molecular weight excluding hydrogens is 527 g/mol. The van der Waals surface area contributed by atoms with Crippen molar-refractivity contribution in [3.05, 3.63) is 98.9 Å². The molecule has 0 saturated carbocycles. The van der Waals surface area contributed by atoms with Crippen molar-refractivity contribution in [1.82, 2.24) is 14.9 Å². The molecule has 8 heteroatoms. The normalized spacial score (nSPS) is 11.4. The van der Waals surface area contributed by atoms with Crippen LogP contribution in [-0.2, 0) is 6.54 Å². The van der Waals surface area contributed by atoms with Gasteiger partial charge < -0.3 is 10.4 Å². The Labute approximate surface area is 232 Å². The third-order valence-electron chi connectivity index (χ3n) is 5.94. The maximum absolute atomic E-state index is 10.5. The van der Waals surface area contributed by atoms with E-state index in [1.807, 2.05) is 54.6 Å². The van der Waals surface area contributed by atoms with Gasteiger partial charge in [-0.15, -0.1) is 0 Å². The number of rotatable bonds is 9. The van der Waals surface area contributed by atoms with Gasteiger partial charge >= 0.3 is 0 Å². The predicted octanol–water partition coefficient (Wildman–Crippen LogP) is 8.57. The fraction of sp³-hybridized carbons (Fsp3) is 0.172. The second-order valence-corrected chi connectivity index (χ2v) is 9.65. The Hall–Kier alpha value is -3.09. The van der Waals surface area contributed by atoms with Crippen LogP contribution in [0.25, 0.3) is 23.3 Å². The zero-order chi connectivity index (χ0) is 26.4. The van der Waals surface area contributed by atoms with Gasteiger partial charge in [0.1, 0.15) is 16.7 Å². The van der Waals surface area contributed by atoms with Crippen LogP contribution in [-0.4, -0.2) is 33.1 Å². The highest BCUT2D eigenvalue weighted by molar-refractivity contribution is 6.33. The van der Waals surface area contributed by atoms with Crippen molar-refractivity contribution in [2.24, 2.45) is 0 Å². The highest BCUT2D eigenvalue weighted by Gasteiger charge is 2.16. The number of halogens is 3. The number of anilines is 2. The minimum Gasteiger partial charge on any atom is -0.508 e. The molecule has 4 aromatic rings. The number of phenols is 1. The lowest BCUT2D eigenvalue weighted by molar-refractivity contribution is 0.291. The molecule has 0 aliphatic rings. The van der Waals surface area contributed by atoms with E-state index in [1.54, 1.807) is 24.3 Å². The van der Waals surface area contributed by atoms with Crippen LogP contribution in [0.5, 0.6) is 5.75 Å². The molecule has 0 fully saturated rings. The average molecular weight is 554 g/mol. The molecule has 0 bridgehead atoms. The van der Waals surface area contributed by atoms with Gasteiger partial charge in [0.15, 0.2) is 5.82 Å². The number of hydrogen-bond acceptors (Lipinski definition) is 5. The quantitative estimate of drug-likeness (QED) is 0.161. The summed E-state index contributed by atoms with van der Waals surface area (Å²) in [5.74, 6) is 1.24. The first kappa shape index (κ1) is 27.0. The molecule has 0 radical (unpaired) electrons. The predicted molar refractivity (Wildman–Crippen MR) is 156 cm³/mol. The van der Waals surface area contributed by atoms with Crippen LogP contribution in [0.3, 0.4) is 0 Å². The molecule has 0 atom stereocenters. The fourth-order valence-corrected chi connectivity index (χ4v) is 4.38. The van der Waals surface area contributed by atoms with E-state index in [0.29, 0.717) is 38.9 Å². The maximum Gasteiger partial charge on any atom is 0.156 e. The molecule has 0 spiro atoms. The van der Waals surface area contributed by atoms with E-state index in [-0.39, 0.29) is 5.75 Å². The van der Waals surface area contributed by atoms with Gasteiger partial charge in [0, 0.05) is 27.8 Å². The number of aromatic nitrogens is 2. The molecule has 1 aromatic heterocycles. The van der Waals surface area contributed by atoms with Crippen LogP contribution >= 0.6 is 34.8 Å². The van der Waals surface area contributed by atoms with E-state index in [0.717, 1.165) is 35.5 Å². The summed E-state index contributed by atoms with van der Waals surface area (Å²) in [6.45, 7) is 6.61. The SMILES string of the molecule is CCN(CC)Cc1cc(Nc2nc(/C=C/c3ccc(Cl)cc3)nc(Cl)c2-c2ccc(Cl)cc2)ccc1O. The molecule has 0 aliphatic carbocycles. The van der Waals surface area contributed by atoms with Crippen molar-refractivity contribution < 1.29 is 5.11 Å². The minimum absolute atomic E-state index is 0.252. The van der Waals surface area contributed by atoms with Crippen molar-refractivity contribution in [3.63, 3.8) is 0 Å². The number of hydrogen-bond donors (Lipinski definition) is 2. The first-order valence-corrected chi connectivity index (χ1v) is 13.1. The molecule has 3 aromatic carbocycles. The second kappa shape index (κ2) is 12.4. The summed E-state index contributed by atoms with van der Waals surface area (Å²) in [4.78, 5) is 11.5. The zero-order valence-corrected chi connectivity index (χ0v) is 22.8. The lowest BCUT2D eigenvalue weighted by Crippen LogP contribution is -2.22. The van der Waals surface area contributed by atoms with Crippen molar-refractivity contribution in [1.29, 1.82) is 0 Å². The topological polar surface area (TPSA) is 61.3 Å². The highest BCUT2D eigenvalue weighted by Crippen LogP contribution is 2.36. The Balaban J connectivity index is 1.74. The van der Waals surface area contributed by atoms with Gasteiger partial charge in [-0.05, 0) is 72.8 Å². The third kappa shape index (κ3) is 7.02. The van der Waals surface area contributed by atoms with E-state index >= 15 is 0 Å². The van der Waals surface area contributed by atoms with Gasteiger partial charge in [-0.25, -0.2) is 9.97 Å². The molecule has 2 N–H and O–H groups in total. The van der Waals surface area contributed by atoms with Crippen molar-refractivity contribution in [2.75, 3.05) is 18.4 Å². The summed E-state index contributed by atoms with van der Waals surface area (Å²) in [6, 6.07) is 20.3. The van der Waals surface area contributed by atoms with Gasteiger partial charge in [0.25, 0.3) is 0 Å². The highest BCUT2D eigenvalue weighted by atomic mass is 35.5. The van der Waals surface area contributed by atoms with Crippen LogP contribution in [0.15, 0.2) is 66.7 Å². The lowest BCUT2D eigenvalue weighted by Gasteiger charge is -2.20. The molecule has 0 amide bonds. The van der Waals surface area contributed by atoms with Gasteiger partial charge in [0.2, 0.25) is 0 Å². The van der Waals surface area contributed by atoms with Crippen LogP contribution in [0, 0.1) is 0 Å². The van der Waals surface area contributed by atoms with Crippen LogP contribution in [0.4, 0.5) is 11.5 Å². The number of phenolic OH excluding ortho intramolecular Hbond substituents is 1. The van der Waals surface area contributed by atoms with Crippen LogP contribution in [0.1, 0.15) is 30.8 Å². The molecule has 190 valence electrons. The Morgan fingerprint density at radius 3 is 2.14 bits per heavy atom. The number of nitrogens with zero attached hydrogens (tertiary/aromatic N) is 3. The molecular formula is C29H27Cl3N4O. The van der Waals surface area contributed by atoms with E-state index in [4.69, 9.17) is 39.8 Å². The second-order valence-electron chi connectivity index (χ2n) is 8.42. The molecule has 37 heavy (non-hydrogen) atoms. The average Bonchev–Trinajstić information content (AvgIpc) is 2.89. The number of benzene rings is 3. The summed E-state index contributed by atoms with van der Waals surface area (Å²) < 4.78 is 0. The molecule has 0 unspecified atom stereocenters. The van der Waals surface area contributed by atoms with Gasteiger partial charge in [-0.2, -0.15) is 0 Å². The molecule has 1 heterocycles. The Bertz CT molecular complexity index is 1390. The first-order valence-electron chi connectivity index (χ1n) is 11.9. The molecule has 0 saturated heterocycles. The summed E-state index contributed by atoms with van der Waals surface area (Å²) in [5, 5.41) is 15.4. The number of aromatic hydroxyl groups is 1. The van der Waals surface area contributed by atoms with Crippen molar-refractivity contribution in [2.45, 2.75) is 20.4 Å². The molecule has 5 nitrogen and oxygen atoms in total. The largest absolute Gasteiger partial charge is 0.508 e. The Kier molecular flexibility index (Phi) is 9.06.